The summed E-state index contributed by atoms with van der Waals surface area (Å²) in [6.07, 6.45) is 0.991. The lowest BCUT2D eigenvalue weighted by molar-refractivity contribution is -0.156. The van der Waals surface area contributed by atoms with Gasteiger partial charge >= 0.3 is 5.97 Å². The maximum Gasteiger partial charge on any atom is 0.337 e. The van der Waals surface area contributed by atoms with E-state index in [2.05, 4.69) is 0 Å². The lowest BCUT2D eigenvalue weighted by atomic mass is 9.68. The van der Waals surface area contributed by atoms with Crippen molar-refractivity contribution in [2.45, 2.75) is 43.9 Å². The summed E-state index contributed by atoms with van der Waals surface area (Å²) in [6, 6.07) is 0. The van der Waals surface area contributed by atoms with Crippen molar-refractivity contribution in [1.29, 1.82) is 0 Å². The fourth-order valence-corrected chi connectivity index (χ4v) is 2.51. The van der Waals surface area contributed by atoms with Crippen LogP contribution in [0.4, 0.5) is 0 Å². The molecule has 4 nitrogen and oxygen atoms in total. The number of carbonyl (C=O) groups excluding carboxylic acids is 1. The Labute approximate surface area is 77.4 Å². The average molecular weight is 185 g/mol. The molecule has 1 aliphatic carbocycles. The molecule has 1 unspecified atom stereocenters. The van der Waals surface area contributed by atoms with Gasteiger partial charge in [0.1, 0.15) is 0 Å². The molecule has 3 aliphatic rings. The number of carbonyl (C=O) groups is 1. The molecule has 1 saturated carbocycles. The minimum atomic E-state index is -0.544. The number of ether oxygens (including phenoxy) is 2. The highest BCUT2D eigenvalue weighted by Crippen LogP contribution is 2.53. The molecular formula is C9H15NO3. The van der Waals surface area contributed by atoms with Crippen LogP contribution in [0, 0.1) is 0 Å². The molecule has 2 bridgehead atoms. The summed E-state index contributed by atoms with van der Waals surface area (Å²) < 4.78 is 10.4. The minimum absolute atomic E-state index is 0.174. The highest BCUT2D eigenvalue weighted by molar-refractivity contribution is 5.78. The van der Waals surface area contributed by atoms with Crippen LogP contribution in [0.15, 0.2) is 0 Å². The van der Waals surface area contributed by atoms with E-state index in [0.29, 0.717) is 6.61 Å². The Balaban J connectivity index is 2.06. The Morgan fingerprint density at radius 3 is 2.69 bits per heavy atom. The van der Waals surface area contributed by atoms with Crippen LogP contribution < -0.4 is 5.73 Å². The Morgan fingerprint density at radius 1 is 1.69 bits per heavy atom. The summed E-state index contributed by atoms with van der Waals surface area (Å²) in [6.45, 7) is 4.14. The SMILES string of the molecule is CCOC(=O)C1OC2(C)CC1(N)C2. The summed E-state index contributed by atoms with van der Waals surface area (Å²) >= 11 is 0. The molecule has 0 aromatic heterocycles. The van der Waals surface area contributed by atoms with Gasteiger partial charge in [-0.2, -0.15) is 0 Å². The second-order valence-corrected chi connectivity index (χ2v) is 4.29. The first-order valence-corrected chi connectivity index (χ1v) is 4.62. The first kappa shape index (κ1) is 8.97. The van der Waals surface area contributed by atoms with Crippen molar-refractivity contribution < 1.29 is 14.3 Å². The number of nitrogens with two attached hydrogens (primary N) is 1. The van der Waals surface area contributed by atoms with E-state index in [1.807, 2.05) is 6.92 Å². The molecule has 13 heavy (non-hydrogen) atoms. The average Bonchev–Trinajstić information content (AvgIpc) is 2.35. The molecule has 2 saturated heterocycles. The van der Waals surface area contributed by atoms with Crippen molar-refractivity contribution in [1.82, 2.24) is 0 Å². The topological polar surface area (TPSA) is 61.5 Å². The molecule has 3 rings (SSSR count). The molecule has 0 aromatic rings. The van der Waals surface area contributed by atoms with Gasteiger partial charge in [0, 0.05) is 0 Å². The molecule has 0 spiro atoms. The maximum absolute atomic E-state index is 11.4. The van der Waals surface area contributed by atoms with Crippen LogP contribution in [-0.4, -0.2) is 29.8 Å². The van der Waals surface area contributed by atoms with Crippen molar-refractivity contribution in [3.05, 3.63) is 0 Å². The van der Waals surface area contributed by atoms with Gasteiger partial charge in [0.25, 0.3) is 0 Å². The van der Waals surface area contributed by atoms with E-state index in [0.717, 1.165) is 12.8 Å². The van der Waals surface area contributed by atoms with Gasteiger partial charge in [-0.3, -0.25) is 0 Å². The van der Waals surface area contributed by atoms with Crippen molar-refractivity contribution >= 4 is 5.97 Å². The molecule has 1 atom stereocenters. The van der Waals surface area contributed by atoms with Crippen LogP contribution in [-0.2, 0) is 14.3 Å². The first-order chi connectivity index (χ1) is 5.99. The van der Waals surface area contributed by atoms with E-state index in [9.17, 15) is 4.79 Å². The molecule has 74 valence electrons. The molecule has 4 heteroatoms. The van der Waals surface area contributed by atoms with Crippen LogP contribution in [0.5, 0.6) is 0 Å². The van der Waals surface area contributed by atoms with Gasteiger partial charge < -0.3 is 15.2 Å². The van der Waals surface area contributed by atoms with Crippen molar-refractivity contribution in [3.63, 3.8) is 0 Å². The maximum atomic E-state index is 11.4. The number of fused-ring (bicyclic) bond motifs is 1. The van der Waals surface area contributed by atoms with E-state index < -0.39 is 11.6 Å². The molecule has 2 aliphatic heterocycles. The predicted molar refractivity (Wildman–Crippen MR) is 46.1 cm³/mol. The normalized spacial score (nSPS) is 47.2. The van der Waals surface area contributed by atoms with Crippen LogP contribution in [0.25, 0.3) is 0 Å². The number of hydrogen-bond acceptors (Lipinski definition) is 4. The molecule has 0 amide bonds. The van der Waals surface area contributed by atoms with Crippen LogP contribution >= 0.6 is 0 Å². The van der Waals surface area contributed by atoms with E-state index in [1.54, 1.807) is 6.92 Å². The van der Waals surface area contributed by atoms with Gasteiger partial charge in [-0.15, -0.1) is 0 Å². The van der Waals surface area contributed by atoms with E-state index in [1.165, 1.54) is 0 Å². The Morgan fingerprint density at radius 2 is 2.31 bits per heavy atom. The number of rotatable bonds is 2. The molecule has 3 fully saturated rings. The molecule has 0 aromatic carbocycles. The summed E-state index contributed by atoms with van der Waals surface area (Å²) in [7, 11) is 0. The quantitative estimate of drug-likeness (QED) is 0.624. The van der Waals surface area contributed by atoms with Gasteiger partial charge in [-0.05, 0) is 26.7 Å². The van der Waals surface area contributed by atoms with E-state index in [-0.39, 0.29) is 11.6 Å². The van der Waals surface area contributed by atoms with Gasteiger partial charge in [-0.1, -0.05) is 0 Å². The summed E-state index contributed by atoms with van der Waals surface area (Å²) in [5, 5.41) is 0. The lowest BCUT2D eigenvalue weighted by Crippen LogP contribution is -2.58. The van der Waals surface area contributed by atoms with E-state index >= 15 is 0 Å². The standard InChI is InChI=1S/C9H15NO3/c1-3-12-7(11)6-9(10)4-8(2,5-9)13-6/h6H,3-5,10H2,1-2H3. The Hall–Kier alpha value is -0.610. The predicted octanol–water partition coefficient (Wildman–Crippen LogP) is 0.198. The highest BCUT2D eigenvalue weighted by atomic mass is 16.6. The minimum Gasteiger partial charge on any atom is -0.464 e. The van der Waals surface area contributed by atoms with Crippen LogP contribution in [0.2, 0.25) is 0 Å². The van der Waals surface area contributed by atoms with Crippen molar-refractivity contribution in [2.75, 3.05) is 6.61 Å². The van der Waals surface area contributed by atoms with Gasteiger partial charge in [-0.25, -0.2) is 4.79 Å². The van der Waals surface area contributed by atoms with Gasteiger partial charge in [0.15, 0.2) is 6.10 Å². The number of hydrogen-bond donors (Lipinski definition) is 1. The monoisotopic (exact) mass is 185 g/mol. The zero-order chi connectivity index (χ0) is 9.69. The zero-order valence-corrected chi connectivity index (χ0v) is 8.00. The highest BCUT2D eigenvalue weighted by Gasteiger charge is 2.66. The fraction of sp³-hybridized carbons (Fsp3) is 0.889. The summed E-state index contributed by atoms with van der Waals surface area (Å²) in [5.41, 5.74) is 5.35. The first-order valence-electron chi connectivity index (χ1n) is 4.62. The van der Waals surface area contributed by atoms with E-state index in [4.69, 9.17) is 15.2 Å². The molecule has 0 radical (unpaired) electrons. The van der Waals surface area contributed by atoms with Crippen LogP contribution in [0.1, 0.15) is 26.7 Å². The fourth-order valence-electron chi connectivity index (χ4n) is 2.51. The lowest BCUT2D eigenvalue weighted by Gasteiger charge is -2.39. The largest absolute Gasteiger partial charge is 0.464 e. The van der Waals surface area contributed by atoms with Gasteiger partial charge in [0.05, 0.1) is 17.7 Å². The van der Waals surface area contributed by atoms with Crippen molar-refractivity contribution in [2.24, 2.45) is 5.73 Å². The zero-order valence-electron chi connectivity index (χ0n) is 8.00. The Kier molecular flexibility index (Phi) is 1.69. The molecular weight excluding hydrogens is 170 g/mol. The Bertz CT molecular complexity index is 245. The summed E-state index contributed by atoms with van der Waals surface area (Å²) in [5.74, 6) is -0.314. The number of esters is 1. The van der Waals surface area contributed by atoms with Crippen molar-refractivity contribution in [3.8, 4) is 0 Å². The van der Waals surface area contributed by atoms with Crippen LogP contribution in [0.3, 0.4) is 0 Å². The second kappa shape index (κ2) is 2.45. The molecule has 2 heterocycles. The third-order valence-electron chi connectivity index (χ3n) is 2.83. The smallest absolute Gasteiger partial charge is 0.337 e. The third kappa shape index (κ3) is 1.16. The third-order valence-corrected chi connectivity index (χ3v) is 2.83. The molecule has 2 N–H and O–H groups in total. The van der Waals surface area contributed by atoms with Gasteiger partial charge in [0.2, 0.25) is 0 Å². The second-order valence-electron chi connectivity index (χ2n) is 4.29. The summed E-state index contributed by atoms with van der Waals surface area (Å²) in [4.78, 5) is 11.4.